The molecule has 0 aliphatic rings. The van der Waals surface area contributed by atoms with Gasteiger partial charge in [-0.05, 0) is 5.92 Å². The van der Waals surface area contributed by atoms with Gasteiger partial charge in [-0.1, -0.05) is 6.92 Å². The Labute approximate surface area is 116 Å². The molecule has 19 heavy (non-hydrogen) atoms. The highest BCUT2D eigenvalue weighted by atomic mass is 32.1. The summed E-state index contributed by atoms with van der Waals surface area (Å²) in [6, 6.07) is 0. The van der Waals surface area contributed by atoms with E-state index in [9.17, 15) is 9.59 Å². The van der Waals surface area contributed by atoms with E-state index >= 15 is 0 Å². The van der Waals surface area contributed by atoms with Crippen LogP contribution in [0.3, 0.4) is 0 Å². The number of rotatable bonds is 7. The first-order valence-corrected chi connectivity index (χ1v) is 6.73. The predicted molar refractivity (Wildman–Crippen MR) is 72.1 cm³/mol. The maximum atomic E-state index is 11.7. The van der Waals surface area contributed by atoms with Gasteiger partial charge in [0.1, 0.15) is 0 Å². The summed E-state index contributed by atoms with van der Waals surface area (Å²) in [6.07, 6.45) is 0.489. The Kier molecular flexibility index (Phi) is 6.44. The lowest BCUT2D eigenvalue weighted by atomic mass is 10.1. The molecule has 0 aromatic carbocycles. The fraction of sp³-hybridized carbons (Fsp3) is 0.583. The van der Waals surface area contributed by atoms with Crippen LogP contribution in [0.5, 0.6) is 0 Å². The summed E-state index contributed by atoms with van der Waals surface area (Å²) in [6.45, 7) is 2.48. The van der Waals surface area contributed by atoms with Crippen LogP contribution in [0.25, 0.3) is 0 Å². The molecule has 1 aromatic heterocycles. The smallest absolute Gasteiger partial charge is 0.311 e. The molecule has 0 radical (unpaired) electrons. The van der Waals surface area contributed by atoms with Crippen molar-refractivity contribution in [2.24, 2.45) is 5.92 Å². The number of amides is 1. The van der Waals surface area contributed by atoms with E-state index in [1.54, 1.807) is 12.5 Å². The van der Waals surface area contributed by atoms with Crippen molar-refractivity contribution < 1.29 is 19.1 Å². The van der Waals surface area contributed by atoms with Crippen molar-refractivity contribution in [3.8, 4) is 0 Å². The van der Waals surface area contributed by atoms with Crippen molar-refractivity contribution in [3.05, 3.63) is 11.1 Å². The van der Waals surface area contributed by atoms with Gasteiger partial charge in [0.25, 0.3) is 0 Å². The highest BCUT2D eigenvalue weighted by Crippen LogP contribution is 2.17. The third-order valence-corrected chi connectivity index (χ3v) is 3.14. The number of methoxy groups -OCH3 is 2. The lowest BCUT2D eigenvalue weighted by Gasteiger charge is -2.08. The molecule has 6 nitrogen and oxygen atoms in total. The molecule has 0 saturated carbocycles. The van der Waals surface area contributed by atoms with Crippen molar-refractivity contribution in [2.45, 2.75) is 19.8 Å². The molecule has 1 atom stereocenters. The largest absolute Gasteiger partial charge is 0.469 e. The molecule has 1 amide bonds. The number of thiazole rings is 1. The van der Waals surface area contributed by atoms with E-state index in [1.807, 2.05) is 6.92 Å². The summed E-state index contributed by atoms with van der Waals surface area (Å²) in [7, 11) is 2.93. The van der Waals surface area contributed by atoms with Gasteiger partial charge in [0, 0.05) is 25.5 Å². The number of hydrogen-bond acceptors (Lipinski definition) is 6. The minimum absolute atomic E-state index is 0.108. The lowest BCUT2D eigenvalue weighted by Crippen LogP contribution is -2.17. The zero-order valence-electron chi connectivity index (χ0n) is 11.3. The highest BCUT2D eigenvalue weighted by Gasteiger charge is 2.12. The van der Waals surface area contributed by atoms with E-state index in [4.69, 9.17) is 4.74 Å². The van der Waals surface area contributed by atoms with E-state index in [0.29, 0.717) is 23.9 Å². The molecule has 0 fully saturated rings. The molecule has 106 valence electrons. The maximum Gasteiger partial charge on any atom is 0.311 e. The van der Waals surface area contributed by atoms with Crippen LogP contribution in [0.1, 0.15) is 19.0 Å². The van der Waals surface area contributed by atoms with Gasteiger partial charge >= 0.3 is 5.97 Å². The highest BCUT2D eigenvalue weighted by molar-refractivity contribution is 7.13. The van der Waals surface area contributed by atoms with Crippen LogP contribution in [0.2, 0.25) is 0 Å². The Hall–Kier alpha value is -1.47. The Morgan fingerprint density at radius 3 is 2.84 bits per heavy atom. The van der Waals surface area contributed by atoms with Gasteiger partial charge in [-0.15, -0.1) is 11.3 Å². The molecule has 0 saturated heterocycles. The summed E-state index contributed by atoms with van der Waals surface area (Å²) in [4.78, 5) is 26.9. The number of carbonyl (C=O) groups is 2. The van der Waals surface area contributed by atoms with Crippen molar-refractivity contribution in [1.29, 1.82) is 0 Å². The third-order valence-electron chi connectivity index (χ3n) is 2.34. The number of carbonyl (C=O) groups excluding carboxylic acids is 2. The monoisotopic (exact) mass is 286 g/mol. The number of esters is 1. The molecule has 0 aliphatic carbocycles. The normalized spacial score (nSPS) is 11.9. The molecular weight excluding hydrogens is 268 g/mol. The SMILES string of the molecule is COCC(C)CC(=O)Nc1nc(CC(=O)OC)cs1. The summed E-state index contributed by atoms with van der Waals surface area (Å²) in [5.74, 6) is -0.306. The molecule has 1 unspecified atom stereocenters. The standard InChI is InChI=1S/C12H18N2O4S/c1-8(6-17-2)4-10(15)14-12-13-9(7-19-12)5-11(16)18-3/h7-8H,4-6H2,1-3H3,(H,13,14,15). The van der Waals surface area contributed by atoms with Crippen LogP contribution >= 0.6 is 11.3 Å². The van der Waals surface area contributed by atoms with Gasteiger partial charge in [0.05, 0.1) is 19.2 Å². The molecule has 7 heteroatoms. The topological polar surface area (TPSA) is 77.5 Å². The second-order valence-corrected chi connectivity index (χ2v) is 5.07. The molecule has 1 aromatic rings. The van der Waals surface area contributed by atoms with Crippen LogP contribution in [-0.2, 0) is 25.5 Å². The number of nitrogens with zero attached hydrogens (tertiary/aromatic N) is 1. The first-order valence-electron chi connectivity index (χ1n) is 5.85. The van der Waals surface area contributed by atoms with Gasteiger partial charge in [0.15, 0.2) is 5.13 Å². The van der Waals surface area contributed by atoms with Crippen LogP contribution in [0.15, 0.2) is 5.38 Å². The fourth-order valence-corrected chi connectivity index (χ4v) is 2.22. The molecule has 0 bridgehead atoms. The molecule has 0 spiro atoms. The lowest BCUT2D eigenvalue weighted by molar-refractivity contribution is -0.139. The van der Waals surface area contributed by atoms with Gasteiger partial charge in [0.2, 0.25) is 5.91 Å². The van der Waals surface area contributed by atoms with Gasteiger partial charge in [-0.2, -0.15) is 0 Å². The summed E-state index contributed by atoms with van der Waals surface area (Å²) >= 11 is 1.29. The second-order valence-electron chi connectivity index (χ2n) is 4.21. The third kappa shape index (κ3) is 5.80. The summed E-state index contributed by atoms with van der Waals surface area (Å²) < 4.78 is 9.52. The number of ether oxygens (including phenoxy) is 2. The molecule has 1 N–H and O–H groups in total. The molecule has 0 aliphatic heterocycles. The minimum atomic E-state index is -0.350. The molecule has 1 rings (SSSR count). The zero-order valence-corrected chi connectivity index (χ0v) is 12.1. The van der Waals surface area contributed by atoms with Gasteiger partial charge in [-0.25, -0.2) is 4.98 Å². The number of anilines is 1. The molecule has 1 heterocycles. The van der Waals surface area contributed by atoms with Crippen LogP contribution in [0, 0.1) is 5.92 Å². The second kappa shape index (κ2) is 7.85. The van der Waals surface area contributed by atoms with Crippen LogP contribution < -0.4 is 5.32 Å². The van der Waals surface area contributed by atoms with Crippen molar-refractivity contribution in [3.63, 3.8) is 0 Å². The van der Waals surface area contributed by atoms with Crippen LogP contribution in [0.4, 0.5) is 5.13 Å². The van der Waals surface area contributed by atoms with Gasteiger partial charge in [-0.3, -0.25) is 9.59 Å². The number of nitrogens with one attached hydrogen (secondary N) is 1. The zero-order chi connectivity index (χ0) is 14.3. The number of aromatic nitrogens is 1. The Balaban J connectivity index is 2.44. The van der Waals surface area contributed by atoms with Crippen molar-refractivity contribution in [2.75, 3.05) is 26.1 Å². The van der Waals surface area contributed by atoms with Crippen molar-refractivity contribution in [1.82, 2.24) is 4.98 Å². The first kappa shape index (κ1) is 15.6. The summed E-state index contributed by atoms with van der Waals surface area (Å²) in [5.41, 5.74) is 0.595. The minimum Gasteiger partial charge on any atom is -0.469 e. The predicted octanol–water partition coefficient (Wildman–Crippen LogP) is 1.47. The Morgan fingerprint density at radius 2 is 2.21 bits per heavy atom. The Bertz CT molecular complexity index is 433. The summed E-state index contributed by atoms with van der Waals surface area (Å²) in [5, 5.41) is 4.92. The maximum absolute atomic E-state index is 11.7. The van der Waals surface area contributed by atoms with E-state index in [2.05, 4.69) is 15.0 Å². The van der Waals surface area contributed by atoms with Crippen LogP contribution in [-0.4, -0.2) is 37.7 Å². The number of hydrogen-bond donors (Lipinski definition) is 1. The Morgan fingerprint density at radius 1 is 1.47 bits per heavy atom. The van der Waals surface area contributed by atoms with E-state index in [1.165, 1.54) is 18.4 Å². The van der Waals surface area contributed by atoms with E-state index in [0.717, 1.165) is 0 Å². The van der Waals surface area contributed by atoms with E-state index < -0.39 is 0 Å². The average Bonchev–Trinajstić information content (AvgIpc) is 2.76. The first-order chi connectivity index (χ1) is 9.05. The van der Waals surface area contributed by atoms with Gasteiger partial charge < -0.3 is 14.8 Å². The average molecular weight is 286 g/mol. The quantitative estimate of drug-likeness (QED) is 0.768. The van der Waals surface area contributed by atoms with Crippen molar-refractivity contribution >= 4 is 28.3 Å². The van der Waals surface area contributed by atoms with E-state index in [-0.39, 0.29) is 24.2 Å². The molecular formula is C12H18N2O4S. The fourth-order valence-electron chi connectivity index (χ4n) is 1.50.